The lowest BCUT2D eigenvalue weighted by Crippen LogP contribution is -2.52. The average molecular weight is 258 g/mol. The molecule has 1 aromatic rings. The third kappa shape index (κ3) is 2.04. The minimum Gasteiger partial charge on any atom is -0.392 e. The summed E-state index contributed by atoms with van der Waals surface area (Å²) in [6.07, 6.45) is 1.92. The molecule has 1 nitrogen and oxygen atoms in total. The van der Waals surface area contributed by atoms with Crippen LogP contribution in [-0.2, 0) is 0 Å². The van der Waals surface area contributed by atoms with Crippen LogP contribution in [0.15, 0.2) is 36.4 Å². The molecular formula is C18H26O. The van der Waals surface area contributed by atoms with E-state index in [-0.39, 0.29) is 22.3 Å². The normalized spacial score (nSPS) is 27.7. The molecule has 1 heteroatoms. The number of hydrogen-bond acceptors (Lipinski definition) is 1. The zero-order valence-corrected chi connectivity index (χ0v) is 13.0. The first-order valence-electron chi connectivity index (χ1n) is 7.07. The van der Waals surface area contributed by atoms with Crippen LogP contribution < -0.4 is 0 Å². The van der Waals surface area contributed by atoms with Crippen molar-refractivity contribution < 1.29 is 5.11 Å². The van der Waals surface area contributed by atoms with Gasteiger partial charge in [-0.3, -0.25) is 0 Å². The SMILES string of the molecule is CC1(C)C=C(c2ccccc2)C(C)(C)C(C)(C)C1O. The van der Waals surface area contributed by atoms with Crippen LogP contribution in [0, 0.1) is 16.2 Å². The molecule has 0 fully saturated rings. The highest BCUT2D eigenvalue weighted by molar-refractivity contribution is 5.72. The summed E-state index contributed by atoms with van der Waals surface area (Å²) in [6, 6.07) is 10.5. The summed E-state index contributed by atoms with van der Waals surface area (Å²) < 4.78 is 0. The Labute approximate surface area is 117 Å². The van der Waals surface area contributed by atoms with Crippen LogP contribution in [0.2, 0.25) is 0 Å². The molecule has 0 saturated carbocycles. The van der Waals surface area contributed by atoms with Gasteiger partial charge in [-0.15, -0.1) is 0 Å². The maximum atomic E-state index is 10.7. The van der Waals surface area contributed by atoms with Gasteiger partial charge in [0.05, 0.1) is 6.10 Å². The van der Waals surface area contributed by atoms with E-state index in [1.165, 1.54) is 11.1 Å². The molecule has 0 amide bonds. The second kappa shape index (κ2) is 4.21. The average Bonchev–Trinajstić information content (AvgIpc) is 2.34. The third-order valence-corrected chi connectivity index (χ3v) is 5.27. The maximum absolute atomic E-state index is 10.7. The zero-order valence-electron chi connectivity index (χ0n) is 13.0. The van der Waals surface area contributed by atoms with Crippen molar-refractivity contribution in [3.63, 3.8) is 0 Å². The standard InChI is InChI=1S/C18H26O/c1-16(2)12-14(13-10-8-7-9-11-13)17(3,4)18(5,6)15(16)19/h7-12,15,19H,1-6H3. The smallest absolute Gasteiger partial charge is 0.0684 e. The molecule has 0 heterocycles. The van der Waals surface area contributed by atoms with E-state index in [4.69, 9.17) is 0 Å². The Kier molecular flexibility index (Phi) is 3.17. The molecule has 1 unspecified atom stereocenters. The molecule has 0 bridgehead atoms. The molecule has 1 aromatic carbocycles. The monoisotopic (exact) mass is 258 g/mol. The summed E-state index contributed by atoms with van der Waals surface area (Å²) in [5.41, 5.74) is 2.16. The molecule has 2 rings (SSSR count). The quantitative estimate of drug-likeness (QED) is 0.785. The molecule has 0 spiro atoms. The molecule has 0 aliphatic heterocycles. The van der Waals surface area contributed by atoms with E-state index in [9.17, 15) is 5.11 Å². The highest BCUT2D eigenvalue weighted by Gasteiger charge is 2.53. The number of allylic oxidation sites excluding steroid dienone is 1. The lowest BCUT2D eigenvalue weighted by molar-refractivity contribution is -0.0725. The second-order valence-electron chi connectivity index (χ2n) is 7.49. The fourth-order valence-corrected chi connectivity index (χ4v) is 3.31. The van der Waals surface area contributed by atoms with Crippen molar-refractivity contribution in [3.8, 4) is 0 Å². The van der Waals surface area contributed by atoms with Crippen LogP contribution in [-0.4, -0.2) is 11.2 Å². The molecule has 1 N–H and O–H groups in total. The summed E-state index contributed by atoms with van der Waals surface area (Å²) in [6.45, 7) is 13.1. The predicted octanol–water partition coefficient (Wildman–Crippen LogP) is 4.52. The van der Waals surface area contributed by atoms with Gasteiger partial charge in [0.15, 0.2) is 0 Å². The van der Waals surface area contributed by atoms with Crippen molar-refractivity contribution in [3.05, 3.63) is 42.0 Å². The Morgan fingerprint density at radius 3 is 1.95 bits per heavy atom. The van der Waals surface area contributed by atoms with Gasteiger partial charge >= 0.3 is 0 Å². The lowest BCUT2D eigenvalue weighted by Gasteiger charge is -2.55. The number of rotatable bonds is 1. The minimum absolute atomic E-state index is 0.0662. The van der Waals surface area contributed by atoms with Crippen molar-refractivity contribution in [2.24, 2.45) is 16.2 Å². The van der Waals surface area contributed by atoms with Crippen molar-refractivity contribution in [1.82, 2.24) is 0 Å². The second-order valence-corrected chi connectivity index (χ2v) is 7.49. The molecule has 1 aliphatic rings. The van der Waals surface area contributed by atoms with Gasteiger partial charge in [0.2, 0.25) is 0 Å². The van der Waals surface area contributed by atoms with Crippen molar-refractivity contribution in [2.75, 3.05) is 0 Å². The van der Waals surface area contributed by atoms with Crippen LogP contribution in [0.1, 0.15) is 47.1 Å². The van der Waals surface area contributed by atoms with E-state index < -0.39 is 0 Å². The van der Waals surface area contributed by atoms with Crippen molar-refractivity contribution in [2.45, 2.75) is 47.6 Å². The Morgan fingerprint density at radius 1 is 0.895 bits per heavy atom. The fourth-order valence-electron chi connectivity index (χ4n) is 3.31. The summed E-state index contributed by atoms with van der Waals surface area (Å²) in [5.74, 6) is 0. The van der Waals surface area contributed by atoms with Gasteiger partial charge < -0.3 is 5.11 Å². The van der Waals surface area contributed by atoms with E-state index in [1.807, 2.05) is 6.07 Å². The van der Waals surface area contributed by atoms with Gasteiger partial charge in [0.25, 0.3) is 0 Å². The molecule has 0 saturated heterocycles. The van der Waals surface area contributed by atoms with Crippen LogP contribution in [0.4, 0.5) is 0 Å². The van der Waals surface area contributed by atoms with Crippen LogP contribution in [0.25, 0.3) is 5.57 Å². The molecule has 19 heavy (non-hydrogen) atoms. The van der Waals surface area contributed by atoms with Crippen LogP contribution in [0.3, 0.4) is 0 Å². The van der Waals surface area contributed by atoms with E-state index in [0.29, 0.717) is 0 Å². The van der Waals surface area contributed by atoms with Crippen LogP contribution in [0.5, 0.6) is 0 Å². The van der Waals surface area contributed by atoms with Gasteiger partial charge in [0.1, 0.15) is 0 Å². The number of benzene rings is 1. The van der Waals surface area contributed by atoms with E-state index in [0.717, 1.165) is 0 Å². The fraction of sp³-hybridized carbons (Fsp3) is 0.556. The van der Waals surface area contributed by atoms with Crippen molar-refractivity contribution >= 4 is 5.57 Å². The first-order chi connectivity index (χ1) is 8.61. The third-order valence-electron chi connectivity index (χ3n) is 5.27. The summed E-state index contributed by atoms with van der Waals surface area (Å²) in [4.78, 5) is 0. The number of aliphatic hydroxyl groups is 1. The van der Waals surface area contributed by atoms with Gasteiger partial charge in [-0.1, -0.05) is 78.0 Å². The predicted molar refractivity (Wildman–Crippen MR) is 81.8 cm³/mol. The number of hydrogen-bond donors (Lipinski definition) is 1. The van der Waals surface area contributed by atoms with Gasteiger partial charge in [-0.05, 0) is 16.6 Å². The van der Waals surface area contributed by atoms with E-state index in [1.54, 1.807) is 0 Å². The molecule has 1 atom stereocenters. The highest BCUT2D eigenvalue weighted by atomic mass is 16.3. The summed E-state index contributed by atoms with van der Waals surface area (Å²) in [5, 5.41) is 10.7. The highest BCUT2D eigenvalue weighted by Crippen LogP contribution is 2.58. The lowest BCUT2D eigenvalue weighted by atomic mass is 9.51. The Balaban J connectivity index is 2.65. The largest absolute Gasteiger partial charge is 0.392 e. The molecule has 0 radical (unpaired) electrons. The van der Waals surface area contributed by atoms with E-state index >= 15 is 0 Å². The maximum Gasteiger partial charge on any atom is 0.0684 e. The first kappa shape index (κ1) is 14.3. The van der Waals surface area contributed by atoms with Gasteiger partial charge in [0, 0.05) is 10.8 Å². The Bertz CT molecular complexity index is 492. The zero-order chi connectivity index (χ0) is 14.5. The van der Waals surface area contributed by atoms with Crippen LogP contribution >= 0.6 is 0 Å². The molecule has 0 aromatic heterocycles. The van der Waals surface area contributed by atoms with E-state index in [2.05, 4.69) is 71.9 Å². The topological polar surface area (TPSA) is 20.2 Å². The van der Waals surface area contributed by atoms with Gasteiger partial charge in [-0.2, -0.15) is 0 Å². The number of aliphatic hydroxyl groups excluding tert-OH is 1. The molecule has 1 aliphatic carbocycles. The summed E-state index contributed by atoms with van der Waals surface area (Å²) >= 11 is 0. The molecular weight excluding hydrogens is 232 g/mol. The molecule has 104 valence electrons. The Hall–Kier alpha value is -1.08. The van der Waals surface area contributed by atoms with Gasteiger partial charge in [-0.25, -0.2) is 0 Å². The first-order valence-corrected chi connectivity index (χ1v) is 7.07. The summed E-state index contributed by atoms with van der Waals surface area (Å²) in [7, 11) is 0. The minimum atomic E-state index is -0.345. The van der Waals surface area contributed by atoms with Crippen molar-refractivity contribution in [1.29, 1.82) is 0 Å². The Morgan fingerprint density at radius 2 is 1.42 bits per heavy atom.